The lowest BCUT2D eigenvalue weighted by Crippen LogP contribution is -2.52. The molecule has 2 heterocycles. The van der Waals surface area contributed by atoms with Gasteiger partial charge < -0.3 is 4.74 Å². The molecule has 0 amide bonds. The second kappa shape index (κ2) is 6.89. The van der Waals surface area contributed by atoms with E-state index in [2.05, 4.69) is 0 Å². The molecule has 7 heteroatoms. The average molecular weight is 386 g/mol. The van der Waals surface area contributed by atoms with Crippen LogP contribution < -0.4 is 4.74 Å². The molecule has 138 valence electrons. The molecule has 0 atom stereocenters. The third-order valence-corrected chi connectivity index (χ3v) is 7.30. The third-order valence-electron chi connectivity index (χ3n) is 5.12. The Labute approximate surface area is 154 Å². The molecular weight excluding hydrogens is 362 g/mol. The van der Waals surface area contributed by atoms with Crippen molar-refractivity contribution in [3.05, 3.63) is 28.3 Å². The van der Waals surface area contributed by atoms with E-state index in [1.807, 2.05) is 13.8 Å². The van der Waals surface area contributed by atoms with Gasteiger partial charge in [-0.2, -0.15) is 0 Å². The fraction of sp³-hybridized carbons (Fsp3) is 0.611. The number of Topliss-reactive ketones (excluding diaryl/α,β-unsaturated/α-hetero) is 1. The average Bonchev–Trinajstić information content (AvgIpc) is 2.55. The number of hydrogen-bond donors (Lipinski definition) is 0. The zero-order chi connectivity index (χ0) is 18.2. The number of aryl methyl sites for hydroxylation is 1. The van der Waals surface area contributed by atoms with Gasteiger partial charge >= 0.3 is 0 Å². The van der Waals surface area contributed by atoms with Gasteiger partial charge in [0, 0.05) is 31.0 Å². The van der Waals surface area contributed by atoms with Gasteiger partial charge in [0.25, 0.3) is 0 Å². The van der Waals surface area contributed by atoms with Crippen LogP contribution >= 0.6 is 11.6 Å². The molecule has 2 aliphatic heterocycles. The van der Waals surface area contributed by atoms with E-state index in [9.17, 15) is 13.2 Å². The maximum absolute atomic E-state index is 12.6. The van der Waals surface area contributed by atoms with E-state index in [-0.39, 0.29) is 18.0 Å². The highest BCUT2D eigenvalue weighted by Crippen LogP contribution is 2.42. The molecule has 1 fully saturated rings. The lowest BCUT2D eigenvalue weighted by atomic mass is 9.82. The summed E-state index contributed by atoms with van der Waals surface area (Å²) in [4.78, 5) is 12.6. The van der Waals surface area contributed by atoms with E-state index in [1.54, 1.807) is 16.4 Å². The molecular formula is C18H24ClNO4S. The summed E-state index contributed by atoms with van der Waals surface area (Å²) in [5.74, 6) is 0.813. The third kappa shape index (κ3) is 3.71. The number of nitrogens with zero attached hydrogens (tertiary/aromatic N) is 1. The number of ether oxygens (including phenoxy) is 1. The largest absolute Gasteiger partial charge is 0.486 e. The van der Waals surface area contributed by atoms with E-state index in [1.165, 1.54) is 0 Å². The summed E-state index contributed by atoms with van der Waals surface area (Å²) in [6.07, 6.45) is 2.87. The maximum Gasteiger partial charge on any atom is 0.214 e. The van der Waals surface area contributed by atoms with Crippen molar-refractivity contribution in [3.8, 4) is 5.75 Å². The maximum atomic E-state index is 12.6. The lowest BCUT2D eigenvalue weighted by Gasteiger charge is -2.44. The van der Waals surface area contributed by atoms with E-state index in [0.29, 0.717) is 48.7 Å². The summed E-state index contributed by atoms with van der Waals surface area (Å²) in [5, 5.41) is 0.529. The van der Waals surface area contributed by atoms with Crippen LogP contribution in [0.2, 0.25) is 5.02 Å². The number of piperidine rings is 1. The van der Waals surface area contributed by atoms with Crippen molar-refractivity contribution in [2.24, 2.45) is 0 Å². The second-order valence-corrected chi connectivity index (χ2v) is 9.58. The predicted octanol–water partition coefficient (Wildman–Crippen LogP) is 3.58. The number of unbranched alkanes of at least 4 members (excludes halogenated alkanes) is 1. The number of halogens is 1. The Hall–Kier alpha value is -1.11. The van der Waals surface area contributed by atoms with Crippen LogP contribution in [0.25, 0.3) is 0 Å². The first-order valence-corrected chi connectivity index (χ1v) is 10.8. The molecule has 25 heavy (non-hydrogen) atoms. The normalized spacial score (nSPS) is 20.4. The van der Waals surface area contributed by atoms with Gasteiger partial charge in [-0.25, -0.2) is 12.7 Å². The first-order valence-electron chi connectivity index (χ1n) is 8.76. The van der Waals surface area contributed by atoms with Crippen molar-refractivity contribution in [1.82, 2.24) is 4.31 Å². The van der Waals surface area contributed by atoms with Crippen molar-refractivity contribution in [3.63, 3.8) is 0 Å². The van der Waals surface area contributed by atoms with Crippen LogP contribution in [0.5, 0.6) is 5.75 Å². The number of ketones is 1. The first kappa shape index (κ1) is 18.7. The van der Waals surface area contributed by atoms with Crippen molar-refractivity contribution in [2.45, 2.75) is 51.6 Å². The Balaban J connectivity index is 1.77. The van der Waals surface area contributed by atoms with Gasteiger partial charge in [0.1, 0.15) is 11.4 Å². The monoisotopic (exact) mass is 385 g/mol. The molecule has 1 aromatic carbocycles. The minimum atomic E-state index is -3.21. The standard InChI is InChI=1S/C18H24ClNO4S/c1-3-4-9-25(22,23)20-7-5-18(6-8-20)12-16(21)15-11-14(19)10-13(2)17(15)24-18/h10-11H,3-9,12H2,1-2H3. The molecule has 0 N–H and O–H groups in total. The molecule has 0 bridgehead atoms. The van der Waals surface area contributed by atoms with Gasteiger partial charge in [-0.1, -0.05) is 24.9 Å². The van der Waals surface area contributed by atoms with Gasteiger partial charge in [-0.05, 0) is 31.0 Å². The van der Waals surface area contributed by atoms with Crippen LogP contribution in [0.4, 0.5) is 0 Å². The number of benzene rings is 1. The Morgan fingerprint density at radius 1 is 1.28 bits per heavy atom. The van der Waals surface area contributed by atoms with Gasteiger partial charge in [0.15, 0.2) is 5.78 Å². The quantitative estimate of drug-likeness (QED) is 0.794. The molecule has 1 spiro atoms. The number of rotatable bonds is 4. The molecule has 1 saturated heterocycles. The van der Waals surface area contributed by atoms with Crippen LogP contribution in [-0.2, 0) is 10.0 Å². The molecule has 0 radical (unpaired) electrons. The molecule has 0 aromatic heterocycles. The predicted molar refractivity (Wildman–Crippen MR) is 98.0 cm³/mol. The van der Waals surface area contributed by atoms with E-state index < -0.39 is 15.6 Å². The van der Waals surface area contributed by atoms with Gasteiger partial charge in [-0.15, -0.1) is 0 Å². The molecule has 3 rings (SSSR count). The first-order chi connectivity index (χ1) is 11.8. The summed E-state index contributed by atoms with van der Waals surface area (Å²) in [6, 6.07) is 3.44. The van der Waals surface area contributed by atoms with Crippen LogP contribution in [-0.4, -0.2) is 42.9 Å². The second-order valence-electron chi connectivity index (χ2n) is 7.05. The molecule has 1 aromatic rings. The van der Waals surface area contributed by atoms with Gasteiger partial charge in [0.2, 0.25) is 10.0 Å². The molecule has 5 nitrogen and oxygen atoms in total. The Morgan fingerprint density at radius 2 is 1.96 bits per heavy atom. The van der Waals surface area contributed by atoms with Crippen molar-refractivity contribution in [1.29, 1.82) is 0 Å². The minimum Gasteiger partial charge on any atom is -0.486 e. The fourth-order valence-corrected chi connectivity index (χ4v) is 5.54. The zero-order valence-electron chi connectivity index (χ0n) is 14.7. The SMILES string of the molecule is CCCCS(=O)(=O)N1CCC2(CC1)CC(=O)c1cc(Cl)cc(C)c1O2. The fourth-order valence-electron chi connectivity index (χ4n) is 3.62. The number of carbonyl (C=O) groups excluding carboxylic acids is 1. The summed E-state index contributed by atoms with van der Waals surface area (Å²) in [5.41, 5.74) is 0.779. The van der Waals surface area contributed by atoms with Crippen molar-refractivity contribution < 1.29 is 17.9 Å². The number of fused-ring (bicyclic) bond motifs is 1. The Kier molecular flexibility index (Phi) is 5.15. The highest BCUT2D eigenvalue weighted by Gasteiger charge is 2.45. The van der Waals surface area contributed by atoms with E-state index in [0.717, 1.165) is 12.0 Å². The topological polar surface area (TPSA) is 63.7 Å². The van der Waals surface area contributed by atoms with Gasteiger partial charge in [-0.3, -0.25) is 4.79 Å². The van der Waals surface area contributed by atoms with E-state index >= 15 is 0 Å². The number of sulfonamides is 1. The highest BCUT2D eigenvalue weighted by molar-refractivity contribution is 7.89. The van der Waals surface area contributed by atoms with Crippen LogP contribution in [0.1, 0.15) is 54.9 Å². The molecule has 2 aliphatic rings. The zero-order valence-corrected chi connectivity index (χ0v) is 16.3. The summed E-state index contributed by atoms with van der Waals surface area (Å²) in [7, 11) is -3.21. The molecule has 0 saturated carbocycles. The molecule has 0 aliphatic carbocycles. The summed E-state index contributed by atoms with van der Waals surface area (Å²) >= 11 is 6.05. The minimum absolute atomic E-state index is 0.0224. The lowest BCUT2D eigenvalue weighted by molar-refractivity contribution is 0.00537. The highest BCUT2D eigenvalue weighted by atomic mass is 35.5. The van der Waals surface area contributed by atoms with Gasteiger partial charge in [0.05, 0.1) is 17.7 Å². The van der Waals surface area contributed by atoms with Crippen molar-refractivity contribution >= 4 is 27.4 Å². The van der Waals surface area contributed by atoms with E-state index in [4.69, 9.17) is 16.3 Å². The number of carbonyl (C=O) groups is 1. The smallest absolute Gasteiger partial charge is 0.214 e. The summed E-state index contributed by atoms with van der Waals surface area (Å²) < 4.78 is 32.6. The van der Waals surface area contributed by atoms with Crippen LogP contribution in [0, 0.1) is 6.92 Å². The Morgan fingerprint density at radius 3 is 2.60 bits per heavy atom. The molecule has 0 unspecified atom stereocenters. The Bertz CT molecular complexity index is 783. The number of hydrogen-bond acceptors (Lipinski definition) is 4. The summed E-state index contributed by atoms with van der Waals surface area (Å²) in [6.45, 7) is 4.66. The van der Waals surface area contributed by atoms with Crippen molar-refractivity contribution in [2.75, 3.05) is 18.8 Å². The van der Waals surface area contributed by atoms with Crippen LogP contribution in [0.3, 0.4) is 0 Å². The van der Waals surface area contributed by atoms with Crippen LogP contribution in [0.15, 0.2) is 12.1 Å².